The molecule has 7 nitrogen and oxygen atoms in total. The molecule has 23 heavy (non-hydrogen) atoms. The lowest BCUT2D eigenvalue weighted by molar-refractivity contribution is -0.136. The maximum Gasteiger partial charge on any atom is 0.227 e. The molecule has 2 aromatic rings. The van der Waals surface area contributed by atoms with Crippen LogP contribution >= 0.6 is 0 Å². The molecule has 1 aliphatic rings. The van der Waals surface area contributed by atoms with Gasteiger partial charge in [0.2, 0.25) is 5.91 Å². The Morgan fingerprint density at radius 2 is 2.00 bits per heavy atom. The van der Waals surface area contributed by atoms with Crippen molar-refractivity contribution in [3.05, 3.63) is 42.0 Å². The van der Waals surface area contributed by atoms with Crippen molar-refractivity contribution < 1.29 is 14.3 Å². The SMILES string of the molecule is COCc1nncn1C1CN(C(=O)Cc2ccc(OC)cc2)C1. The molecule has 7 heteroatoms. The van der Waals surface area contributed by atoms with Gasteiger partial charge in [0.15, 0.2) is 5.82 Å². The maximum absolute atomic E-state index is 12.3. The molecule has 0 saturated carbocycles. The fourth-order valence-electron chi connectivity index (χ4n) is 2.67. The molecule has 1 amide bonds. The summed E-state index contributed by atoms with van der Waals surface area (Å²) >= 11 is 0. The normalized spacial score (nSPS) is 14.6. The van der Waals surface area contributed by atoms with E-state index in [1.165, 1.54) is 0 Å². The third-order valence-electron chi connectivity index (χ3n) is 4.04. The van der Waals surface area contributed by atoms with E-state index in [-0.39, 0.29) is 11.9 Å². The van der Waals surface area contributed by atoms with Gasteiger partial charge in [-0.15, -0.1) is 10.2 Å². The topological polar surface area (TPSA) is 69.5 Å². The molecule has 1 fully saturated rings. The Labute approximate surface area is 134 Å². The Bertz CT molecular complexity index is 662. The molecule has 0 aliphatic carbocycles. The van der Waals surface area contributed by atoms with Gasteiger partial charge in [-0.2, -0.15) is 0 Å². The second-order valence-electron chi connectivity index (χ2n) is 5.56. The lowest BCUT2D eigenvalue weighted by Crippen LogP contribution is -2.51. The van der Waals surface area contributed by atoms with Gasteiger partial charge in [-0.3, -0.25) is 4.79 Å². The Balaban J connectivity index is 1.54. The van der Waals surface area contributed by atoms with E-state index in [0.29, 0.717) is 26.1 Å². The molecule has 0 radical (unpaired) electrons. The largest absolute Gasteiger partial charge is 0.497 e. The Morgan fingerprint density at radius 1 is 1.26 bits per heavy atom. The number of likely N-dealkylation sites (tertiary alicyclic amines) is 1. The Kier molecular flexibility index (Phi) is 4.57. The number of methoxy groups -OCH3 is 2. The molecule has 1 aliphatic heterocycles. The first-order valence-corrected chi connectivity index (χ1v) is 7.49. The molecule has 0 bridgehead atoms. The van der Waals surface area contributed by atoms with Crippen molar-refractivity contribution >= 4 is 5.91 Å². The van der Waals surface area contributed by atoms with Crippen molar-refractivity contribution in [2.24, 2.45) is 0 Å². The summed E-state index contributed by atoms with van der Waals surface area (Å²) in [6.45, 7) is 1.80. The first-order valence-electron chi connectivity index (χ1n) is 7.49. The van der Waals surface area contributed by atoms with E-state index in [4.69, 9.17) is 9.47 Å². The molecule has 0 spiro atoms. The zero-order valence-corrected chi connectivity index (χ0v) is 13.3. The van der Waals surface area contributed by atoms with Crippen LogP contribution in [0.4, 0.5) is 0 Å². The van der Waals surface area contributed by atoms with Crippen LogP contribution in [0.15, 0.2) is 30.6 Å². The molecule has 1 aromatic carbocycles. The molecular weight excluding hydrogens is 296 g/mol. The molecule has 3 rings (SSSR count). The zero-order chi connectivity index (χ0) is 16.2. The lowest BCUT2D eigenvalue weighted by atomic mass is 10.1. The molecule has 1 aromatic heterocycles. The quantitative estimate of drug-likeness (QED) is 0.797. The highest BCUT2D eigenvalue weighted by Gasteiger charge is 2.32. The second-order valence-corrected chi connectivity index (χ2v) is 5.56. The van der Waals surface area contributed by atoms with E-state index < -0.39 is 0 Å². The molecular formula is C16H20N4O3. The minimum absolute atomic E-state index is 0.132. The van der Waals surface area contributed by atoms with Crippen LogP contribution in [0, 0.1) is 0 Å². The minimum Gasteiger partial charge on any atom is -0.497 e. The summed E-state index contributed by atoms with van der Waals surface area (Å²) in [4.78, 5) is 14.2. The number of carbonyl (C=O) groups is 1. The third-order valence-corrected chi connectivity index (χ3v) is 4.04. The standard InChI is InChI=1S/C16H20N4O3/c1-22-10-15-18-17-11-20(15)13-8-19(9-13)16(21)7-12-3-5-14(23-2)6-4-12/h3-6,11,13H,7-10H2,1-2H3. The van der Waals surface area contributed by atoms with Crippen molar-refractivity contribution in [3.8, 4) is 5.75 Å². The van der Waals surface area contributed by atoms with Gasteiger partial charge in [0.05, 0.1) is 19.6 Å². The first-order chi connectivity index (χ1) is 11.2. The maximum atomic E-state index is 12.3. The number of aromatic nitrogens is 3. The number of hydrogen-bond acceptors (Lipinski definition) is 5. The fourth-order valence-corrected chi connectivity index (χ4v) is 2.67. The average molecular weight is 316 g/mol. The van der Waals surface area contributed by atoms with E-state index >= 15 is 0 Å². The van der Waals surface area contributed by atoms with E-state index in [9.17, 15) is 4.79 Å². The van der Waals surface area contributed by atoms with Crippen LogP contribution < -0.4 is 4.74 Å². The molecule has 0 unspecified atom stereocenters. The predicted molar refractivity (Wildman–Crippen MR) is 83.1 cm³/mol. The monoisotopic (exact) mass is 316 g/mol. The van der Waals surface area contributed by atoms with Crippen LogP contribution in [0.1, 0.15) is 17.4 Å². The number of nitrogens with zero attached hydrogens (tertiary/aromatic N) is 4. The van der Waals surface area contributed by atoms with Gasteiger partial charge >= 0.3 is 0 Å². The number of rotatable bonds is 6. The van der Waals surface area contributed by atoms with E-state index in [1.807, 2.05) is 33.7 Å². The highest BCUT2D eigenvalue weighted by Crippen LogP contribution is 2.23. The van der Waals surface area contributed by atoms with Gasteiger partial charge in [0.25, 0.3) is 0 Å². The fraction of sp³-hybridized carbons (Fsp3) is 0.438. The van der Waals surface area contributed by atoms with Crippen molar-refractivity contribution in [1.29, 1.82) is 0 Å². The summed E-state index contributed by atoms with van der Waals surface area (Å²) in [5.41, 5.74) is 0.989. The highest BCUT2D eigenvalue weighted by atomic mass is 16.5. The van der Waals surface area contributed by atoms with Crippen LogP contribution in [0.3, 0.4) is 0 Å². The van der Waals surface area contributed by atoms with Crippen molar-refractivity contribution in [2.45, 2.75) is 19.1 Å². The molecule has 0 atom stereocenters. The minimum atomic E-state index is 0.132. The summed E-state index contributed by atoms with van der Waals surface area (Å²) in [6, 6.07) is 7.82. The van der Waals surface area contributed by atoms with Crippen LogP contribution in [0.25, 0.3) is 0 Å². The van der Waals surface area contributed by atoms with Gasteiger partial charge in [-0.05, 0) is 17.7 Å². The lowest BCUT2D eigenvalue weighted by Gasteiger charge is -2.40. The number of ether oxygens (including phenoxy) is 2. The predicted octanol–water partition coefficient (Wildman–Crippen LogP) is 1.06. The smallest absolute Gasteiger partial charge is 0.227 e. The summed E-state index contributed by atoms with van der Waals surface area (Å²) in [5.74, 6) is 1.72. The molecule has 122 valence electrons. The van der Waals surface area contributed by atoms with E-state index in [2.05, 4.69) is 10.2 Å². The third kappa shape index (κ3) is 3.34. The summed E-state index contributed by atoms with van der Waals surface area (Å²) < 4.78 is 12.2. The Morgan fingerprint density at radius 3 is 2.65 bits per heavy atom. The molecule has 0 N–H and O–H groups in total. The van der Waals surface area contributed by atoms with Gasteiger partial charge in [-0.25, -0.2) is 0 Å². The van der Waals surface area contributed by atoms with Gasteiger partial charge in [0.1, 0.15) is 18.7 Å². The molecule has 1 saturated heterocycles. The summed E-state index contributed by atoms with van der Waals surface area (Å²) in [7, 11) is 3.26. The van der Waals surface area contributed by atoms with Crippen molar-refractivity contribution in [2.75, 3.05) is 27.3 Å². The first kappa shape index (κ1) is 15.5. The van der Waals surface area contributed by atoms with E-state index in [0.717, 1.165) is 17.1 Å². The Hall–Kier alpha value is -2.41. The highest BCUT2D eigenvalue weighted by molar-refractivity contribution is 5.79. The van der Waals surface area contributed by atoms with Crippen LogP contribution in [0.5, 0.6) is 5.75 Å². The van der Waals surface area contributed by atoms with Crippen molar-refractivity contribution in [1.82, 2.24) is 19.7 Å². The second kappa shape index (κ2) is 6.78. The van der Waals surface area contributed by atoms with Crippen LogP contribution in [0.2, 0.25) is 0 Å². The average Bonchev–Trinajstić information content (AvgIpc) is 2.95. The number of amides is 1. The number of benzene rings is 1. The van der Waals surface area contributed by atoms with E-state index in [1.54, 1.807) is 20.5 Å². The van der Waals surface area contributed by atoms with Crippen LogP contribution in [-0.2, 0) is 22.6 Å². The van der Waals surface area contributed by atoms with Crippen LogP contribution in [-0.4, -0.2) is 52.9 Å². The molecule has 2 heterocycles. The van der Waals surface area contributed by atoms with Gasteiger partial charge < -0.3 is 18.9 Å². The van der Waals surface area contributed by atoms with Crippen molar-refractivity contribution in [3.63, 3.8) is 0 Å². The van der Waals surface area contributed by atoms with Gasteiger partial charge in [0, 0.05) is 20.2 Å². The number of hydrogen-bond donors (Lipinski definition) is 0. The summed E-state index contributed by atoms with van der Waals surface area (Å²) in [6.07, 6.45) is 2.11. The zero-order valence-electron chi connectivity index (χ0n) is 13.3. The summed E-state index contributed by atoms with van der Waals surface area (Å²) in [5, 5.41) is 7.95. The van der Waals surface area contributed by atoms with Gasteiger partial charge in [-0.1, -0.05) is 12.1 Å². The number of carbonyl (C=O) groups excluding carboxylic acids is 1.